The summed E-state index contributed by atoms with van der Waals surface area (Å²) < 4.78 is 39.8. The van der Waals surface area contributed by atoms with Gasteiger partial charge < -0.3 is 20.2 Å². The number of pyridine rings is 1. The van der Waals surface area contributed by atoms with Gasteiger partial charge in [-0.3, -0.25) is 4.79 Å². The van der Waals surface area contributed by atoms with Gasteiger partial charge in [0.2, 0.25) is 5.91 Å². The fourth-order valence-electron chi connectivity index (χ4n) is 4.06. The fraction of sp³-hybridized carbons (Fsp3) is 0.348. The molecule has 1 amide bonds. The van der Waals surface area contributed by atoms with Crippen LogP contribution in [0.3, 0.4) is 0 Å². The molecule has 7 nitrogen and oxygen atoms in total. The van der Waals surface area contributed by atoms with Crippen LogP contribution in [0.5, 0.6) is 0 Å². The van der Waals surface area contributed by atoms with E-state index in [1.807, 2.05) is 4.90 Å². The Labute approximate surface area is 187 Å². The van der Waals surface area contributed by atoms with Gasteiger partial charge in [0.05, 0.1) is 16.7 Å². The number of aromatic nitrogens is 3. The monoisotopic (exact) mass is 459 g/mol. The molecule has 1 aliphatic heterocycles. The molecule has 1 saturated heterocycles. The normalized spacial score (nSPS) is 15.5. The molecule has 0 radical (unpaired) electrons. The number of anilines is 2. The van der Waals surface area contributed by atoms with Crippen molar-refractivity contribution in [2.24, 2.45) is 5.92 Å². The minimum atomic E-state index is -4.55. The molecule has 33 heavy (non-hydrogen) atoms. The number of rotatable bonds is 5. The number of fused-ring (bicyclic) bond motifs is 1. The first-order chi connectivity index (χ1) is 15.7. The number of aromatic amines is 2. The molecule has 0 unspecified atom stereocenters. The van der Waals surface area contributed by atoms with Gasteiger partial charge in [-0.05, 0) is 49.1 Å². The highest BCUT2D eigenvalue weighted by molar-refractivity contribution is 6.06. The maximum atomic E-state index is 13.3. The smallest absolute Gasteiger partial charge is 0.356 e. The maximum Gasteiger partial charge on any atom is 0.433 e. The number of amides is 1. The van der Waals surface area contributed by atoms with E-state index in [-0.39, 0.29) is 5.82 Å². The third kappa shape index (κ3) is 5.10. The summed E-state index contributed by atoms with van der Waals surface area (Å²) in [6.07, 6.45) is 0.964. The minimum absolute atomic E-state index is 0.223. The zero-order valence-electron chi connectivity index (χ0n) is 18.0. The van der Waals surface area contributed by atoms with Crippen molar-refractivity contribution in [1.29, 1.82) is 0 Å². The Hall–Kier alpha value is -3.56. The maximum absolute atomic E-state index is 13.3. The van der Waals surface area contributed by atoms with Crippen molar-refractivity contribution in [3.8, 4) is 0 Å². The highest BCUT2D eigenvalue weighted by Crippen LogP contribution is 2.33. The van der Waals surface area contributed by atoms with Gasteiger partial charge in [-0.2, -0.15) is 13.2 Å². The number of para-hydroxylation sites is 1. The molecule has 10 heteroatoms. The van der Waals surface area contributed by atoms with Gasteiger partial charge in [0.1, 0.15) is 11.5 Å². The number of nitrogens with one attached hydrogen (secondary N) is 3. The van der Waals surface area contributed by atoms with E-state index in [9.17, 15) is 22.8 Å². The van der Waals surface area contributed by atoms with Crippen molar-refractivity contribution in [3.05, 3.63) is 58.1 Å². The first-order valence-corrected chi connectivity index (χ1v) is 10.8. The van der Waals surface area contributed by atoms with E-state index in [2.05, 4.69) is 27.2 Å². The number of piperidine rings is 1. The van der Waals surface area contributed by atoms with Gasteiger partial charge >= 0.3 is 11.9 Å². The van der Waals surface area contributed by atoms with Gasteiger partial charge in [-0.15, -0.1) is 0 Å². The minimum Gasteiger partial charge on any atom is -0.356 e. The van der Waals surface area contributed by atoms with Gasteiger partial charge in [-0.1, -0.05) is 19.4 Å². The van der Waals surface area contributed by atoms with Crippen LogP contribution in [0.1, 0.15) is 37.4 Å². The van der Waals surface area contributed by atoms with Crippen LogP contribution < -0.4 is 15.9 Å². The molecule has 0 aliphatic carbocycles. The molecule has 3 heterocycles. The number of hydrogen-bond acceptors (Lipinski definition) is 4. The van der Waals surface area contributed by atoms with Crippen LogP contribution in [0.25, 0.3) is 17.1 Å². The summed E-state index contributed by atoms with van der Waals surface area (Å²) >= 11 is 0. The van der Waals surface area contributed by atoms with Gasteiger partial charge in [0.15, 0.2) is 0 Å². The Morgan fingerprint density at radius 2 is 1.97 bits per heavy atom. The largest absolute Gasteiger partial charge is 0.433 e. The van der Waals surface area contributed by atoms with Crippen LogP contribution in [0, 0.1) is 5.92 Å². The van der Waals surface area contributed by atoms with Crippen molar-refractivity contribution in [1.82, 2.24) is 15.0 Å². The Morgan fingerprint density at radius 3 is 2.67 bits per heavy atom. The van der Waals surface area contributed by atoms with Gasteiger partial charge in [-0.25, -0.2) is 9.78 Å². The average molecular weight is 459 g/mol. The molecule has 3 aromatic rings. The number of nitrogens with zero attached hydrogens (tertiary/aromatic N) is 2. The van der Waals surface area contributed by atoms with E-state index in [0.29, 0.717) is 41.3 Å². The lowest BCUT2D eigenvalue weighted by Crippen LogP contribution is -2.35. The van der Waals surface area contributed by atoms with E-state index in [0.717, 1.165) is 25.3 Å². The van der Waals surface area contributed by atoms with E-state index >= 15 is 0 Å². The lowest BCUT2D eigenvalue weighted by atomic mass is 9.94. The molecular formula is C23H24F3N5O2. The quantitative estimate of drug-likeness (QED) is 0.488. The second-order valence-corrected chi connectivity index (χ2v) is 8.08. The molecule has 4 rings (SSSR count). The summed E-state index contributed by atoms with van der Waals surface area (Å²) in [7, 11) is 0. The molecule has 3 N–H and O–H groups in total. The second kappa shape index (κ2) is 9.13. The van der Waals surface area contributed by atoms with Crippen molar-refractivity contribution >= 4 is 34.5 Å². The standard InChI is InChI=1S/C23H24F3N5O2/c1-2-14-10-12-31(13-11-14)21-15(6-8-18(29-21)23(24,25)26)7-9-19(32)27-16-4-3-5-17-20(16)30-22(33)28-17/h3-9,14H,2,10-13H2,1H3,(H,27,32)(H2,28,30,33)/b9-7+. The zero-order valence-corrected chi connectivity index (χ0v) is 18.0. The highest BCUT2D eigenvalue weighted by atomic mass is 19.4. The number of carbonyl (C=O) groups excluding carboxylic acids is 1. The molecule has 1 aromatic carbocycles. The Balaban J connectivity index is 1.58. The topological polar surface area (TPSA) is 93.9 Å². The van der Waals surface area contributed by atoms with E-state index < -0.39 is 23.5 Å². The van der Waals surface area contributed by atoms with Crippen LogP contribution in [-0.2, 0) is 11.0 Å². The summed E-state index contributed by atoms with van der Waals surface area (Å²) in [5, 5.41) is 2.69. The molecule has 0 atom stereocenters. The number of hydrogen-bond donors (Lipinski definition) is 3. The summed E-state index contributed by atoms with van der Waals surface area (Å²) in [6.45, 7) is 3.34. The number of alkyl halides is 3. The second-order valence-electron chi connectivity index (χ2n) is 8.08. The highest BCUT2D eigenvalue weighted by Gasteiger charge is 2.34. The third-order valence-electron chi connectivity index (χ3n) is 5.91. The van der Waals surface area contributed by atoms with E-state index in [1.54, 1.807) is 18.2 Å². The van der Waals surface area contributed by atoms with E-state index in [4.69, 9.17) is 0 Å². The molecule has 0 saturated carbocycles. The molecular weight excluding hydrogens is 435 g/mol. The summed E-state index contributed by atoms with van der Waals surface area (Å²) in [5.41, 5.74) is 0.495. The molecule has 174 valence electrons. The lowest BCUT2D eigenvalue weighted by Gasteiger charge is -2.33. The number of H-pyrrole nitrogens is 2. The average Bonchev–Trinajstić information content (AvgIpc) is 3.18. The van der Waals surface area contributed by atoms with Crippen molar-refractivity contribution in [2.75, 3.05) is 23.3 Å². The number of benzene rings is 1. The zero-order chi connectivity index (χ0) is 23.6. The van der Waals surface area contributed by atoms with Crippen molar-refractivity contribution in [3.63, 3.8) is 0 Å². The summed E-state index contributed by atoms with van der Waals surface area (Å²) in [4.78, 5) is 35.0. The summed E-state index contributed by atoms with van der Waals surface area (Å²) in [6, 6.07) is 7.28. The Bertz CT molecular complexity index is 1240. The molecule has 1 fully saturated rings. The van der Waals surface area contributed by atoms with Crippen LogP contribution in [0.15, 0.2) is 41.2 Å². The number of imidazole rings is 1. The van der Waals surface area contributed by atoms with Crippen LogP contribution in [-0.4, -0.2) is 33.9 Å². The SMILES string of the molecule is CCC1CCN(c2nc(C(F)(F)F)ccc2/C=C/C(=O)Nc2cccc3[nH]c(=O)[nH]c23)CC1. The lowest BCUT2D eigenvalue weighted by molar-refractivity contribution is -0.141. The number of carbonyl (C=O) groups is 1. The first kappa shape index (κ1) is 22.6. The number of halogens is 3. The Kier molecular flexibility index (Phi) is 6.26. The molecule has 1 aliphatic rings. The van der Waals surface area contributed by atoms with Crippen molar-refractivity contribution in [2.45, 2.75) is 32.4 Å². The Morgan fingerprint density at radius 1 is 1.21 bits per heavy atom. The van der Waals surface area contributed by atoms with Gasteiger partial charge in [0, 0.05) is 24.7 Å². The fourth-order valence-corrected chi connectivity index (χ4v) is 4.06. The first-order valence-electron chi connectivity index (χ1n) is 10.8. The van der Waals surface area contributed by atoms with Crippen LogP contribution in [0.2, 0.25) is 0 Å². The third-order valence-corrected chi connectivity index (χ3v) is 5.91. The van der Waals surface area contributed by atoms with Gasteiger partial charge in [0.25, 0.3) is 0 Å². The predicted octanol–water partition coefficient (Wildman–Crippen LogP) is 4.55. The molecule has 0 spiro atoms. The molecule has 0 bridgehead atoms. The predicted molar refractivity (Wildman–Crippen MR) is 121 cm³/mol. The van der Waals surface area contributed by atoms with E-state index in [1.165, 1.54) is 18.2 Å². The summed E-state index contributed by atoms with van der Waals surface area (Å²) in [5.74, 6) is 0.292. The van der Waals surface area contributed by atoms with Crippen LogP contribution >= 0.6 is 0 Å². The van der Waals surface area contributed by atoms with Crippen LogP contribution in [0.4, 0.5) is 24.7 Å². The van der Waals surface area contributed by atoms with Crippen molar-refractivity contribution < 1.29 is 18.0 Å². The molecule has 2 aromatic heterocycles.